The maximum atomic E-state index is 11.0. The normalized spacial score (nSPS) is 9.76. The van der Waals surface area contributed by atoms with Crippen molar-refractivity contribution in [2.75, 3.05) is 11.9 Å². The molecule has 92 valence electrons. The summed E-state index contributed by atoms with van der Waals surface area (Å²) in [5.74, 6) is 0.138. The van der Waals surface area contributed by atoms with Gasteiger partial charge in [-0.15, -0.1) is 0 Å². The molecule has 1 amide bonds. The number of anilines is 1. The Balaban J connectivity index is 3.02. The van der Waals surface area contributed by atoms with Crippen molar-refractivity contribution >= 4 is 17.3 Å². The van der Waals surface area contributed by atoms with Gasteiger partial charge < -0.3 is 10.1 Å². The van der Waals surface area contributed by atoms with E-state index in [0.717, 1.165) is 6.42 Å². The van der Waals surface area contributed by atoms with E-state index in [4.69, 9.17) is 4.74 Å². The van der Waals surface area contributed by atoms with Gasteiger partial charge in [0.1, 0.15) is 5.75 Å². The van der Waals surface area contributed by atoms with Gasteiger partial charge in [0.2, 0.25) is 5.91 Å². The minimum atomic E-state index is -0.519. The summed E-state index contributed by atoms with van der Waals surface area (Å²) in [6.07, 6.45) is 0.816. The summed E-state index contributed by atoms with van der Waals surface area (Å²) in [6, 6.07) is 4.11. The Bertz CT molecular complexity index is 431. The number of benzene rings is 1. The molecular weight excluding hydrogens is 224 g/mol. The zero-order chi connectivity index (χ0) is 12.8. The second kappa shape index (κ2) is 5.83. The van der Waals surface area contributed by atoms with Gasteiger partial charge in [-0.3, -0.25) is 14.9 Å². The van der Waals surface area contributed by atoms with E-state index >= 15 is 0 Å². The van der Waals surface area contributed by atoms with E-state index in [2.05, 4.69) is 5.32 Å². The fourth-order valence-electron chi connectivity index (χ4n) is 1.26. The largest absolute Gasteiger partial charge is 0.491 e. The molecule has 0 bridgehead atoms. The van der Waals surface area contributed by atoms with Gasteiger partial charge in [0.15, 0.2) is 0 Å². The number of ether oxygens (including phenoxy) is 1. The molecule has 1 aromatic rings. The molecule has 0 aliphatic heterocycles. The average molecular weight is 238 g/mol. The Morgan fingerprint density at radius 3 is 2.76 bits per heavy atom. The van der Waals surface area contributed by atoms with Crippen molar-refractivity contribution in [1.82, 2.24) is 0 Å². The molecule has 0 spiro atoms. The first-order valence-electron chi connectivity index (χ1n) is 5.23. The Morgan fingerprint density at radius 1 is 1.53 bits per heavy atom. The van der Waals surface area contributed by atoms with Gasteiger partial charge in [0.05, 0.1) is 17.2 Å². The van der Waals surface area contributed by atoms with Crippen LogP contribution in [0.5, 0.6) is 5.75 Å². The third-order valence-corrected chi connectivity index (χ3v) is 1.95. The van der Waals surface area contributed by atoms with Gasteiger partial charge in [-0.1, -0.05) is 6.92 Å². The molecule has 0 atom stereocenters. The number of carbonyl (C=O) groups excluding carboxylic acids is 1. The molecule has 6 heteroatoms. The van der Waals surface area contributed by atoms with Crippen LogP contribution in [0, 0.1) is 10.1 Å². The number of carbonyl (C=O) groups is 1. The topological polar surface area (TPSA) is 81.5 Å². The molecule has 0 aliphatic rings. The van der Waals surface area contributed by atoms with Crippen LogP contribution in [-0.2, 0) is 4.79 Å². The predicted octanol–water partition coefficient (Wildman–Crippen LogP) is 2.34. The molecule has 0 fully saturated rings. The molecular formula is C11H14N2O4. The van der Waals surface area contributed by atoms with Gasteiger partial charge in [-0.05, 0) is 12.5 Å². The number of non-ortho nitro benzene ring substituents is 1. The molecule has 17 heavy (non-hydrogen) atoms. The summed E-state index contributed by atoms with van der Waals surface area (Å²) in [4.78, 5) is 21.1. The van der Waals surface area contributed by atoms with E-state index in [9.17, 15) is 14.9 Å². The molecule has 0 heterocycles. The summed E-state index contributed by atoms with van der Waals surface area (Å²) in [7, 11) is 0. The summed E-state index contributed by atoms with van der Waals surface area (Å²) < 4.78 is 5.38. The van der Waals surface area contributed by atoms with Crippen LogP contribution in [0.4, 0.5) is 11.4 Å². The molecule has 0 aliphatic carbocycles. The molecule has 6 nitrogen and oxygen atoms in total. The van der Waals surface area contributed by atoms with Gasteiger partial charge in [-0.2, -0.15) is 0 Å². The van der Waals surface area contributed by atoms with Gasteiger partial charge in [0, 0.05) is 19.1 Å². The van der Waals surface area contributed by atoms with Crippen molar-refractivity contribution in [3.63, 3.8) is 0 Å². The van der Waals surface area contributed by atoms with Crippen LogP contribution in [0.1, 0.15) is 20.3 Å². The van der Waals surface area contributed by atoms with E-state index in [1.807, 2.05) is 6.92 Å². The van der Waals surface area contributed by atoms with E-state index in [0.29, 0.717) is 18.0 Å². The minimum Gasteiger partial charge on any atom is -0.491 e. The fourth-order valence-corrected chi connectivity index (χ4v) is 1.26. The van der Waals surface area contributed by atoms with E-state index in [-0.39, 0.29) is 11.6 Å². The van der Waals surface area contributed by atoms with Crippen molar-refractivity contribution in [2.24, 2.45) is 0 Å². The van der Waals surface area contributed by atoms with Crippen molar-refractivity contribution in [3.8, 4) is 5.75 Å². The highest BCUT2D eigenvalue weighted by Gasteiger charge is 2.12. The minimum absolute atomic E-state index is 0.0856. The first kappa shape index (κ1) is 13.0. The molecule has 0 aromatic heterocycles. The lowest BCUT2D eigenvalue weighted by atomic mass is 10.2. The van der Waals surface area contributed by atoms with Crippen LogP contribution in [0.2, 0.25) is 0 Å². The number of nitrogens with one attached hydrogen (secondary N) is 1. The highest BCUT2D eigenvalue weighted by atomic mass is 16.6. The van der Waals surface area contributed by atoms with Crippen LogP contribution in [0.25, 0.3) is 0 Å². The van der Waals surface area contributed by atoms with Crippen LogP contribution in [0.15, 0.2) is 18.2 Å². The van der Waals surface area contributed by atoms with Crippen LogP contribution in [-0.4, -0.2) is 17.4 Å². The molecule has 1 aromatic carbocycles. The number of hydrogen-bond donors (Lipinski definition) is 1. The molecule has 0 saturated carbocycles. The summed E-state index contributed by atoms with van der Waals surface area (Å²) in [5, 5.41) is 13.1. The van der Waals surface area contributed by atoms with Crippen molar-refractivity contribution in [1.29, 1.82) is 0 Å². The smallest absolute Gasteiger partial charge is 0.271 e. The lowest BCUT2D eigenvalue weighted by Gasteiger charge is -2.10. The zero-order valence-corrected chi connectivity index (χ0v) is 9.73. The van der Waals surface area contributed by atoms with Gasteiger partial charge >= 0.3 is 0 Å². The van der Waals surface area contributed by atoms with Crippen molar-refractivity contribution < 1.29 is 14.5 Å². The average Bonchev–Trinajstić information content (AvgIpc) is 2.26. The summed E-state index contributed by atoms with van der Waals surface area (Å²) in [5.41, 5.74) is 0.234. The van der Waals surface area contributed by atoms with E-state index in [1.165, 1.54) is 25.1 Å². The Hall–Kier alpha value is -2.11. The van der Waals surface area contributed by atoms with Crippen LogP contribution in [0.3, 0.4) is 0 Å². The highest BCUT2D eigenvalue weighted by molar-refractivity contribution is 5.90. The first-order valence-corrected chi connectivity index (χ1v) is 5.23. The van der Waals surface area contributed by atoms with Gasteiger partial charge in [0.25, 0.3) is 5.69 Å². The van der Waals surface area contributed by atoms with E-state index in [1.54, 1.807) is 0 Å². The number of amides is 1. The summed E-state index contributed by atoms with van der Waals surface area (Å²) in [6.45, 7) is 3.77. The molecule has 0 saturated heterocycles. The molecule has 1 N–H and O–H groups in total. The van der Waals surface area contributed by atoms with Crippen molar-refractivity contribution in [2.45, 2.75) is 20.3 Å². The van der Waals surface area contributed by atoms with Crippen LogP contribution < -0.4 is 10.1 Å². The van der Waals surface area contributed by atoms with Crippen molar-refractivity contribution in [3.05, 3.63) is 28.3 Å². The third kappa shape index (κ3) is 3.75. The summed E-state index contributed by atoms with van der Waals surface area (Å²) >= 11 is 0. The lowest BCUT2D eigenvalue weighted by molar-refractivity contribution is -0.384. The maximum Gasteiger partial charge on any atom is 0.271 e. The number of nitrogens with zero attached hydrogens (tertiary/aromatic N) is 1. The third-order valence-electron chi connectivity index (χ3n) is 1.95. The molecule has 0 unspecified atom stereocenters. The zero-order valence-electron chi connectivity index (χ0n) is 9.73. The predicted molar refractivity (Wildman–Crippen MR) is 63.2 cm³/mol. The Labute approximate surface area is 98.7 Å². The number of nitro groups is 1. The monoisotopic (exact) mass is 238 g/mol. The number of rotatable bonds is 5. The Kier molecular flexibility index (Phi) is 4.45. The highest BCUT2D eigenvalue weighted by Crippen LogP contribution is 2.29. The number of hydrogen-bond acceptors (Lipinski definition) is 4. The second-order valence-electron chi connectivity index (χ2n) is 3.47. The maximum absolute atomic E-state index is 11.0. The quantitative estimate of drug-likeness (QED) is 0.630. The molecule has 1 rings (SSSR count). The first-order chi connectivity index (χ1) is 8.04. The lowest BCUT2D eigenvalue weighted by Crippen LogP contribution is -2.08. The molecule has 0 radical (unpaired) electrons. The van der Waals surface area contributed by atoms with E-state index < -0.39 is 4.92 Å². The van der Waals surface area contributed by atoms with Crippen LogP contribution >= 0.6 is 0 Å². The standard InChI is InChI=1S/C11H14N2O4/c1-3-6-17-11-5-4-9(13(15)16)7-10(11)12-8(2)14/h4-5,7H,3,6H2,1-2H3,(H,12,14). The van der Waals surface area contributed by atoms with Gasteiger partial charge in [-0.25, -0.2) is 0 Å². The Morgan fingerprint density at radius 2 is 2.24 bits per heavy atom. The second-order valence-corrected chi connectivity index (χ2v) is 3.47. The SMILES string of the molecule is CCCOc1ccc([N+](=O)[O-])cc1NC(C)=O. The number of nitro benzene ring substituents is 1. The fraction of sp³-hybridized carbons (Fsp3) is 0.364.